The fourth-order valence-electron chi connectivity index (χ4n) is 4.78. The van der Waals surface area contributed by atoms with Crippen LogP contribution in [0.25, 0.3) is 10.9 Å². The lowest BCUT2D eigenvalue weighted by molar-refractivity contribution is -0.176. The number of carbonyl (C=O) groups excluding carboxylic acids is 3. The molecule has 12 heteroatoms. The molecule has 1 saturated heterocycles. The van der Waals surface area contributed by atoms with Gasteiger partial charge in [-0.25, -0.2) is 0 Å². The van der Waals surface area contributed by atoms with Gasteiger partial charge < -0.3 is 15.5 Å². The van der Waals surface area contributed by atoms with Gasteiger partial charge in [0.15, 0.2) is 0 Å². The van der Waals surface area contributed by atoms with Crippen LogP contribution in [0.1, 0.15) is 52.6 Å². The van der Waals surface area contributed by atoms with Crippen LogP contribution in [-0.2, 0) is 14.4 Å². The predicted molar refractivity (Wildman–Crippen MR) is 132 cm³/mol. The molecule has 4 atom stereocenters. The van der Waals surface area contributed by atoms with Crippen LogP contribution >= 0.6 is 0 Å². The Labute approximate surface area is 218 Å². The summed E-state index contributed by atoms with van der Waals surface area (Å²) >= 11 is 0. The summed E-state index contributed by atoms with van der Waals surface area (Å²) in [6.45, 7) is 8.48. The lowest BCUT2D eigenvalue weighted by Gasteiger charge is -2.37. The van der Waals surface area contributed by atoms with Crippen molar-refractivity contribution >= 4 is 28.6 Å². The molecule has 1 fully saturated rings. The fourth-order valence-corrected chi connectivity index (χ4v) is 4.78. The van der Waals surface area contributed by atoms with Gasteiger partial charge in [0, 0.05) is 29.9 Å². The van der Waals surface area contributed by atoms with Crippen LogP contribution < -0.4 is 10.6 Å². The normalized spacial score (nSPS) is 19.6. The van der Waals surface area contributed by atoms with Crippen molar-refractivity contribution in [1.29, 1.82) is 5.26 Å². The number of hydrogen-bond acceptors (Lipinski definition) is 6. The van der Waals surface area contributed by atoms with Crippen molar-refractivity contribution in [3.8, 4) is 6.07 Å². The van der Waals surface area contributed by atoms with E-state index in [-0.39, 0.29) is 18.4 Å². The molecule has 3 heterocycles. The molecule has 1 unspecified atom stereocenters. The van der Waals surface area contributed by atoms with Gasteiger partial charge in [-0.2, -0.15) is 18.4 Å². The van der Waals surface area contributed by atoms with E-state index in [0.717, 1.165) is 0 Å². The number of nitrogens with one attached hydrogen (secondary N) is 2. The van der Waals surface area contributed by atoms with Crippen LogP contribution in [-0.4, -0.2) is 57.4 Å². The first kappa shape index (κ1) is 28.8. The maximum atomic E-state index is 13.6. The monoisotopic (exact) mass is 532 g/mol. The molecule has 0 bridgehead atoms. The van der Waals surface area contributed by atoms with Crippen molar-refractivity contribution < 1.29 is 27.6 Å². The first-order valence-corrected chi connectivity index (χ1v) is 12.2. The summed E-state index contributed by atoms with van der Waals surface area (Å²) in [7, 11) is 0. The molecule has 1 aliphatic rings. The number of alkyl halides is 3. The third kappa shape index (κ3) is 6.03. The molecule has 0 aliphatic carbocycles. The highest BCUT2D eigenvalue weighted by atomic mass is 19.4. The number of rotatable bonds is 6. The number of hydrogen-bond donors (Lipinski definition) is 2. The molecule has 3 amide bonds. The second-order valence-corrected chi connectivity index (χ2v) is 10.8. The quantitative estimate of drug-likeness (QED) is 0.588. The zero-order chi connectivity index (χ0) is 28.4. The fraction of sp³-hybridized carbons (Fsp3) is 0.538. The van der Waals surface area contributed by atoms with Gasteiger partial charge in [0.1, 0.15) is 18.1 Å². The van der Waals surface area contributed by atoms with Gasteiger partial charge in [0.05, 0.1) is 17.8 Å². The van der Waals surface area contributed by atoms with Gasteiger partial charge >= 0.3 is 12.1 Å². The maximum Gasteiger partial charge on any atom is 0.471 e. The highest BCUT2D eigenvalue weighted by molar-refractivity contribution is 5.94. The average Bonchev–Trinajstić information content (AvgIpc) is 3.29. The molecule has 9 nitrogen and oxygen atoms in total. The summed E-state index contributed by atoms with van der Waals surface area (Å²) in [6.07, 6.45) is -0.177. The SMILES string of the molecule is CC(C)[C@H]1CCN(C(=O)[C@@H](NC(=O)C(F)(F)F)C(C)(C)C)[C@@H]1C(=O)NC(C#N)c1cncc2ncccc12. The lowest BCUT2D eigenvalue weighted by atomic mass is 9.84. The van der Waals surface area contributed by atoms with Crippen molar-refractivity contribution in [1.82, 2.24) is 25.5 Å². The van der Waals surface area contributed by atoms with Crippen LogP contribution in [0, 0.1) is 28.6 Å². The first-order chi connectivity index (χ1) is 17.7. The molecule has 0 aromatic carbocycles. The molecule has 2 aromatic heterocycles. The van der Waals surface area contributed by atoms with E-state index in [1.54, 1.807) is 18.3 Å². The van der Waals surface area contributed by atoms with E-state index in [0.29, 0.717) is 22.9 Å². The lowest BCUT2D eigenvalue weighted by Crippen LogP contribution is -2.60. The Morgan fingerprint density at radius 2 is 1.84 bits per heavy atom. The predicted octanol–water partition coefficient (Wildman–Crippen LogP) is 3.28. The second kappa shape index (κ2) is 10.9. The Morgan fingerprint density at radius 3 is 2.42 bits per heavy atom. The summed E-state index contributed by atoms with van der Waals surface area (Å²) in [4.78, 5) is 48.6. The molecule has 0 spiro atoms. The molecular formula is C26H31F3N6O3. The van der Waals surface area contributed by atoms with Gasteiger partial charge in [-0.1, -0.05) is 40.7 Å². The number of pyridine rings is 2. The van der Waals surface area contributed by atoms with Crippen LogP contribution in [0.2, 0.25) is 0 Å². The average molecular weight is 533 g/mol. The molecule has 204 valence electrons. The summed E-state index contributed by atoms with van der Waals surface area (Å²) in [6, 6.07) is 1.80. The number of nitriles is 1. The van der Waals surface area contributed by atoms with Gasteiger partial charge in [-0.05, 0) is 29.7 Å². The third-order valence-electron chi connectivity index (χ3n) is 6.79. The van der Waals surface area contributed by atoms with Gasteiger partial charge in [-0.3, -0.25) is 24.4 Å². The second-order valence-electron chi connectivity index (χ2n) is 10.8. The first-order valence-electron chi connectivity index (χ1n) is 12.2. The highest BCUT2D eigenvalue weighted by Gasteiger charge is 2.49. The van der Waals surface area contributed by atoms with Gasteiger partial charge in [-0.15, -0.1) is 0 Å². The Balaban J connectivity index is 1.94. The summed E-state index contributed by atoms with van der Waals surface area (Å²) in [5, 5.41) is 15.0. The molecule has 2 N–H and O–H groups in total. The molecule has 0 radical (unpaired) electrons. The summed E-state index contributed by atoms with van der Waals surface area (Å²) < 4.78 is 39.1. The van der Waals surface area contributed by atoms with E-state index in [2.05, 4.69) is 21.4 Å². The van der Waals surface area contributed by atoms with E-state index in [1.807, 2.05) is 19.2 Å². The summed E-state index contributed by atoms with van der Waals surface area (Å²) in [5.74, 6) is -4.00. The Bertz CT molecular complexity index is 1250. The number of fused-ring (bicyclic) bond motifs is 1. The zero-order valence-electron chi connectivity index (χ0n) is 21.8. The maximum absolute atomic E-state index is 13.6. The highest BCUT2D eigenvalue weighted by Crippen LogP contribution is 2.34. The third-order valence-corrected chi connectivity index (χ3v) is 6.79. The standard InChI is InChI=1S/C26H31F3N6O3/c1-14(2)15-8-10-35(23(37)21(25(3,4)5)34-24(38)26(27,28)29)20(15)22(36)33-18(11-30)17-12-31-13-19-16(17)7-6-9-32-19/h6-7,9,12-15,18,20-21H,8,10H2,1-5H3,(H,33,36)(H,34,38)/t15-,18?,20+,21-/m1/s1. The topological polar surface area (TPSA) is 128 Å². The molecule has 38 heavy (non-hydrogen) atoms. The minimum Gasteiger partial charge on any atom is -0.336 e. The largest absolute Gasteiger partial charge is 0.471 e. The molecule has 3 rings (SSSR count). The minimum atomic E-state index is -5.17. The Hall–Kier alpha value is -3.75. The number of likely N-dealkylation sites (tertiary alicyclic amines) is 1. The van der Waals surface area contributed by atoms with Crippen LogP contribution in [0.15, 0.2) is 30.7 Å². The van der Waals surface area contributed by atoms with E-state index in [9.17, 15) is 32.8 Å². The minimum absolute atomic E-state index is 0.0506. The molecule has 1 aliphatic heterocycles. The Kier molecular flexibility index (Phi) is 8.29. The molecular weight excluding hydrogens is 501 g/mol. The summed E-state index contributed by atoms with van der Waals surface area (Å²) in [5.41, 5.74) is -0.120. The number of nitrogens with zero attached hydrogens (tertiary/aromatic N) is 4. The van der Waals surface area contributed by atoms with Crippen LogP contribution in [0.4, 0.5) is 13.2 Å². The van der Waals surface area contributed by atoms with Crippen molar-refractivity contribution in [2.75, 3.05) is 6.54 Å². The number of amides is 3. The van der Waals surface area contributed by atoms with Gasteiger partial charge in [0.2, 0.25) is 11.8 Å². The number of halogens is 3. The number of carbonyl (C=O) groups is 3. The van der Waals surface area contributed by atoms with Crippen LogP contribution in [0.3, 0.4) is 0 Å². The zero-order valence-corrected chi connectivity index (χ0v) is 21.8. The van der Waals surface area contributed by atoms with Crippen LogP contribution in [0.5, 0.6) is 0 Å². The van der Waals surface area contributed by atoms with Crippen molar-refractivity contribution in [2.45, 2.75) is 65.3 Å². The van der Waals surface area contributed by atoms with Crippen molar-refractivity contribution in [3.05, 3.63) is 36.3 Å². The van der Waals surface area contributed by atoms with E-state index in [1.165, 1.54) is 38.1 Å². The molecule has 0 saturated carbocycles. The molecule has 2 aromatic rings. The van der Waals surface area contributed by atoms with E-state index >= 15 is 0 Å². The Morgan fingerprint density at radius 1 is 1.16 bits per heavy atom. The van der Waals surface area contributed by atoms with E-state index < -0.39 is 47.4 Å². The number of aromatic nitrogens is 2. The van der Waals surface area contributed by atoms with E-state index in [4.69, 9.17) is 0 Å². The van der Waals surface area contributed by atoms with Crippen molar-refractivity contribution in [3.63, 3.8) is 0 Å². The smallest absolute Gasteiger partial charge is 0.336 e. The van der Waals surface area contributed by atoms with Crippen molar-refractivity contribution in [2.24, 2.45) is 17.3 Å². The van der Waals surface area contributed by atoms with Gasteiger partial charge in [0.25, 0.3) is 0 Å².